The Labute approximate surface area is 125 Å². The number of hydrogen-bond acceptors (Lipinski definition) is 4. The van der Waals surface area contributed by atoms with E-state index in [0.29, 0.717) is 24.4 Å². The van der Waals surface area contributed by atoms with E-state index in [2.05, 4.69) is 5.10 Å². The van der Waals surface area contributed by atoms with Gasteiger partial charge in [-0.2, -0.15) is 5.10 Å². The van der Waals surface area contributed by atoms with Crippen LogP contribution in [-0.4, -0.2) is 36.2 Å². The molecule has 1 fully saturated rings. The lowest BCUT2D eigenvalue weighted by atomic mass is 9.88. The molecule has 0 aliphatic carbocycles. The van der Waals surface area contributed by atoms with E-state index >= 15 is 0 Å². The van der Waals surface area contributed by atoms with Crippen molar-refractivity contribution in [2.24, 2.45) is 17.6 Å². The SMILES string of the molecule is CCn1nc(C)c(Cl)c1CC(CN)C1CCS(=O)(=O)C1. The van der Waals surface area contributed by atoms with Crippen LogP contribution in [0, 0.1) is 18.8 Å². The van der Waals surface area contributed by atoms with Gasteiger partial charge in [0.2, 0.25) is 0 Å². The Kier molecular flexibility index (Phi) is 4.76. The van der Waals surface area contributed by atoms with Crippen molar-refractivity contribution in [3.05, 3.63) is 16.4 Å². The molecule has 5 nitrogen and oxygen atoms in total. The van der Waals surface area contributed by atoms with Gasteiger partial charge in [-0.15, -0.1) is 0 Å². The molecule has 1 aliphatic rings. The average Bonchev–Trinajstić information content (AvgIpc) is 2.89. The first kappa shape index (κ1) is 15.8. The number of nitrogens with two attached hydrogens (primary N) is 1. The molecular formula is C13H22ClN3O2S. The number of nitrogens with zero attached hydrogens (tertiary/aromatic N) is 2. The molecule has 2 N–H and O–H groups in total. The van der Waals surface area contributed by atoms with Gasteiger partial charge < -0.3 is 5.73 Å². The summed E-state index contributed by atoms with van der Waals surface area (Å²) in [7, 11) is -2.87. The van der Waals surface area contributed by atoms with Crippen molar-refractivity contribution in [2.75, 3.05) is 18.1 Å². The molecule has 7 heteroatoms. The highest BCUT2D eigenvalue weighted by molar-refractivity contribution is 7.91. The molecule has 2 rings (SSSR count). The molecule has 20 heavy (non-hydrogen) atoms. The second-order valence-electron chi connectivity index (χ2n) is 5.52. The number of aryl methyl sites for hydroxylation is 2. The highest BCUT2D eigenvalue weighted by atomic mass is 35.5. The lowest BCUT2D eigenvalue weighted by molar-refractivity contribution is 0.361. The maximum absolute atomic E-state index is 11.6. The molecule has 2 unspecified atom stereocenters. The highest BCUT2D eigenvalue weighted by Crippen LogP contribution is 2.30. The van der Waals surface area contributed by atoms with Crippen LogP contribution in [0.3, 0.4) is 0 Å². The maximum Gasteiger partial charge on any atom is 0.150 e. The molecule has 0 aromatic carbocycles. The van der Waals surface area contributed by atoms with Crippen molar-refractivity contribution in [2.45, 2.75) is 33.2 Å². The summed E-state index contributed by atoms with van der Waals surface area (Å²) in [4.78, 5) is 0. The zero-order valence-corrected chi connectivity index (χ0v) is 13.5. The predicted molar refractivity (Wildman–Crippen MR) is 80.7 cm³/mol. The number of rotatable bonds is 5. The fourth-order valence-electron chi connectivity index (χ4n) is 2.95. The van der Waals surface area contributed by atoms with Gasteiger partial charge in [-0.05, 0) is 45.1 Å². The van der Waals surface area contributed by atoms with Gasteiger partial charge in [-0.1, -0.05) is 11.6 Å². The topological polar surface area (TPSA) is 78.0 Å². The third kappa shape index (κ3) is 3.18. The summed E-state index contributed by atoms with van der Waals surface area (Å²) in [6, 6.07) is 0. The van der Waals surface area contributed by atoms with Crippen LogP contribution in [0.25, 0.3) is 0 Å². The lowest BCUT2D eigenvalue weighted by Gasteiger charge is -2.21. The van der Waals surface area contributed by atoms with Crippen molar-refractivity contribution < 1.29 is 8.42 Å². The minimum absolute atomic E-state index is 0.140. The monoisotopic (exact) mass is 319 g/mol. The molecule has 1 aromatic rings. The molecule has 2 atom stereocenters. The first-order valence-corrected chi connectivity index (χ1v) is 9.20. The zero-order valence-electron chi connectivity index (χ0n) is 12.0. The van der Waals surface area contributed by atoms with E-state index in [1.165, 1.54) is 0 Å². The van der Waals surface area contributed by atoms with Crippen LogP contribution in [0.2, 0.25) is 5.02 Å². The number of halogens is 1. The first-order chi connectivity index (χ1) is 9.38. The predicted octanol–water partition coefficient (Wildman–Crippen LogP) is 1.42. The second kappa shape index (κ2) is 6.03. The Hall–Kier alpha value is -0.590. The summed E-state index contributed by atoms with van der Waals surface area (Å²) in [5.74, 6) is 0.826. The minimum atomic E-state index is -2.87. The molecular weight excluding hydrogens is 298 g/mol. The Balaban J connectivity index is 2.19. The van der Waals surface area contributed by atoms with Crippen LogP contribution < -0.4 is 5.73 Å². The Morgan fingerprint density at radius 2 is 2.25 bits per heavy atom. The van der Waals surface area contributed by atoms with Crippen molar-refractivity contribution in [1.29, 1.82) is 0 Å². The van der Waals surface area contributed by atoms with Crippen molar-refractivity contribution in [1.82, 2.24) is 9.78 Å². The molecule has 0 amide bonds. The Morgan fingerprint density at radius 3 is 2.75 bits per heavy atom. The number of sulfone groups is 1. The number of hydrogen-bond donors (Lipinski definition) is 1. The fraction of sp³-hybridized carbons (Fsp3) is 0.769. The third-order valence-electron chi connectivity index (χ3n) is 4.15. The molecule has 0 bridgehead atoms. The normalized spacial score (nSPS) is 23.1. The summed E-state index contributed by atoms with van der Waals surface area (Å²) in [6.45, 7) is 5.13. The van der Waals surface area contributed by atoms with Crippen molar-refractivity contribution in [3.8, 4) is 0 Å². The van der Waals surface area contributed by atoms with E-state index in [1.807, 2.05) is 18.5 Å². The van der Waals surface area contributed by atoms with Crippen LogP contribution in [0.1, 0.15) is 24.7 Å². The van der Waals surface area contributed by atoms with E-state index < -0.39 is 9.84 Å². The van der Waals surface area contributed by atoms with Crippen molar-refractivity contribution >= 4 is 21.4 Å². The highest BCUT2D eigenvalue weighted by Gasteiger charge is 2.34. The summed E-state index contributed by atoms with van der Waals surface area (Å²) < 4.78 is 25.1. The third-order valence-corrected chi connectivity index (χ3v) is 6.43. The summed E-state index contributed by atoms with van der Waals surface area (Å²) in [6.07, 6.45) is 1.41. The van der Waals surface area contributed by atoms with Gasteiger partial charge in [0.25, 0.3) is 0 Å². The molecule has 2 heterocycles. The molecule has 1 saturated heterocycles. The van der Waals surface area contributed by atoms with E-state index in [1.54, 1.807) is 0 Å². The van der Waals surface area contributed by atoms with E-state index in [-0.39, 0.29) is 23.3 Å². The molecule has 0 radical (unpaired) electrons. The van der Waals surface area contributed by atoms with Gasteiger partial charge in [-0.3, -0.25) is 4.68 Å². The number of aromatic nitrogens is 2. The zero-order chi connectivity index (χ0) is 14.9. The van der Waals surface area contributed by atoms with Crippen LogP contribution in [0.4, 0.5) is 0 Å². The first-order valence-electron chi connectivity index (χ1n) is 7.00. The second-order valence-corrected chi connectivity index (χ2v) is 8.13. The smallest absolute Gasteiger partial charge is 0.150 e. The van der Waals surface area contributed by atoms with E-state index in [4.69, 9.17) is 17.3 Å². The fourth-order valence-corrected chi connectivity index (χ4v) is 5.08. The molecule has 114 valence electrons. The van der Waals surface area contributed by atoms with Crippen LogP contribution in [0.15, 0.2) is 0 Å². The van der Waals surface area contributed by atoms with Gasteiger partial charge in [-0.25, -0.2) is 8.42 Å². The van der Waals surface area contributed by atoms with E-state index in [9.17, 15) is 8.42 Å². The van der Waals surface area contributed by atoms with Gasteiger partial charge in [0.05, 0.1) is 27.9 Å². The summed E-state index contributed by atoms with van der Waals surface area (Å²) in [5.41, 5.74) is 7.67. The Morgan fingerprint density at radius 1 is 1.55 bits per heavy atom. The molecule has 1 aliphatic heterocycles. The summed E-state index contributed by atoms with van der Waals surface area (Å²) in [5, 5.41) is 5.08. The molecule has 0 saturated carbocycles. The quantitative estimate of drug-likeness (QED) is 0.890. The Bertz CT molecular complexity index is 583. The van der Waals surface area contributed by atoms with Gasteiger partial charge >= 0.3 is 0 Å². The summed E-state index contributed by atoms with van der Waals surface area (Å²) >= 11 is 6.31. The standard InChI is InChI=1S/C13H22ClN3O2S/c1-3-17-12(13(14)9(2)16-17)6-11(7-15)10-4-5-20(18,19)8-10/h10-11H,3-8,15H2,1-2H3. The molecule has 1 aromatic heterocycles. The van der Waals surface area contributed by atoms with Crippen LogP contribution >= 0.6 is 11.6 Å². The van der Waals surface area contributed by atoms with Crippen LogP contribution in [0.5, 0.6) is 0 Å². The van der Waals surface area contributed by atoms with E-state index in [0.717, 1.165) is 17.9 Å². The lowest BCUT2D eigenvalue weighted by Crippen LogP contribution is -2.27. The van der Waals surface area contributed by atoms with Gasteiger partial charge in [0.15, 0.2) is 9.84 Å². The minimum Gasteiger partial charge on any atom is -0.330 e. The maximum atomic E-state index is 11.6. The average molecular weight is 320 g/mol. The van der Waals surface area contributed by atoms with Crippen LogP contribution in [-0.2, 0) is 22.8 Å². The largest absolute Gasteiger partial charge is 0.330 e. The molecule has 0 spiro atoms. The van der Waals surface area contributed by atoms with Gasteiger partial charge in [0, 0.05) is 6.54 Å². The van der Waals surface area contributed by atoms with Gasteiger partial charge in [0.1, 0.15) is 0 Å². The van der Waals surface area contributed by atoms with Crippen molar-refractivity contribution in [3.63, 3.8) is 0 Å².